The summed E-state index contributed by atoms with van der Waals surface area (Å²) in [5.74, 6) is 2.33. The van der Waals surface area contributed by atoms with E-state index >= 15 is 0 Å². The van der Waals surface area contributed by atoms with Gasteiger partial charge in [-0.15, -0.1) is 0 Å². The van der Waals surface area contributed by atoms with Crippen LogP contribution < -0.4 is 9.47 Å². The van der Waals surface area contributed by atoms with Crippen LogP contribution in [-0.4, -0.2) is 37.6 Å². The zero-order valence-corrected chi connectivity index (χ0v) is 15.8. The van der Waals surface area contributed by atoms with Gasteiger partial charge < -0.3 is 14.4 Å². The van der Waals surface area contributed by atoms with Crippen molar-refractivity contribution in [2.24, 2.45) is 11.8 Å². The lowest BCUT2D eigenvalue weighted by Gasteiger charge is -2.25. The Morgan fingerprint density at radius 1 is 1.12 bits per heavy atom. The van der Waals surface area contributed by atoms with Gasteiger partial charge in [-0.2, -0.15) is 0 Å². The molecule has 0 heterocycles. The standard InChI is InChI=1S/C20H31NO3/c1-7-24-18-10-8-17(12-19(18)23-6)9-11-20(22)21(13-15(2)3)14-16(4)5/h8-12,15-16H,7,13-14H2,1-6H3/b11-9+. The number of hydrogen-bond donors (Lipinski definition) is 0. The van der Waals surface area contributed by atoms with Crippen LogP contribution in [0.3, 0.4) is 0 Å². The van der Waals surface area contributed by atoms with Crippen LogP contribution in [0.5, 0.6) is 11.5 Å². The average Bonchev–Trinajstić information content (AvgIpc) is 2.52. The van der Waals surface area contributed by atoms with E-state index in [1.54, 1.807) is 13.2 Å². The van der Waals surface area contributed by atoms with Crippen LogP contribution >= 0.6 is 0 Å². The second-order valence-electron chi connectivity index (χ2n) is 6.71. The number of carbonyl (C=O) groups is 1. The maximum atomic E-state index is 12.5. The van der Waals surface area contributed by atoms with E-state index in [1.165, 1.54) is 0 Å². The molecule has 0 aliphatic rings. The SMILES string of the molecule is CCOc1ccc(/C=C/C(=O)N(CC(C)C)CC(C)C)cc1OC. The Morgan fingerprint density at radius 2 is 1.75 bits per heavy atom. The number of amides is 1. The van der Waals surface area contributed by atoms with Crippen LogP contribution in [0.1, 0.15) is 40.2 Å². The van der Waals surface area contributed by atoms with Crippen LogP contribution in [0.25, 0.3) is 6.08 Å². The minimum absolute atomic E-state index is 0.0465. The normalized spacial score (nSPS) is 11.3. The fourth-order valence-corrected chi connectivity index (χ4v) is 2.47. The molecule has 1 aromatic rings. The highest BCUT2D eigenvalue weighted by molar-refractivity contribution is 5.91. The summed E-state index contributed by atoms with van der Waals surface area (Å²) < 4.78 is 10.9. The zero-order chi connectivity index (χ0) is 18.1. The highest BCUT2D eigenvalue weighted by Crippen LogP contribution is 2.28. The van der Waals surface area contributed by atoms with E-state index in [-0.39, 0.29) is 5.91 Å². The van der Waals surface area contributed by atoms with Gasteiger partial charge in [-0.05, 0) is 42.5 Å². The van der Waals surface area contributed by atoms with E-state index in [9.17, 15) is 4.79 Å². The van der Waals surface area contributed by atoms with Gasteiger partial charge in [0.25, 0.3) is 0 Å². The second kappa shape index (κ2) is 10.0. The molecule has 4 nitrogen and oxygen atoms in total. The third-order valence-electron chi connectivity index (χ3n) is 3.39. The molecule has 0 radical (unpaired) electrons. The van der Waals surface area contributed by atoms with Gasteiger partial charge in [0.05, 0.1) is 13.7 Å². The minimum Gasteiger partial charge on any atom is -0.493 e. The van der Waals surface area contributed by atoms with Crippen molar-refractivity contribution >= 4 is 12.0 Å². The molecular formula is C20H31NO3. The van der Waals surface area contributed by atoms with Gasteiger partial charge in [0.15, 0.2) is 11.5 Å². The minimum atomic E-state index is 0.0465. The average molecular weight is 333 g/mol. The first kappa shape index (κ1) is 20.1. The van der Waals surface area contributed by atoms with Crippen molar-refractivity contribution < 1.29 is 14.3 Å². The van der Waals surface area contributed by atoms with E-state index in [2.05, 4.69) is 27.7 Å². The lowest BCUT2D eigenvalue weighted by Crippen LogP contribution is -2.35. The van der Waals surface area contributed by atoms with Crippen LogP contribution in [-0.2, 0) is 4.79 Å². The number of methoxy groups -OCH3 is 1. The molecule has 0 N–H and O–H groups in total. The summed E-state index contributed by atoms with van der Waals surface area (Å²) in [6.07, 6.45) is 3.47. The Labute approximate surface area is 146 Å². The number of carbonyl (C=O) groups excluding carboxylic acids is 1. The molecule has 1 aromatic carbocycles. The molecule has 4 heteroatoms. The van der Waals surface area contributed by atoms with Crippen molar-refractivity contribution in [1.29, 1.82) is 0 Å². The molecule has 134 valence electrons. The largest absolute Gasteiger partial charge is 0.493 e. The summed E-state index contributed by atoms with van der Waals surface area (Å²) in [7, 11) is 1.61. The van der Waals surface area contributed by atoms with Crippen LogP contribution in [0.2, 0.25) is 0 Å². The molecule has 24 heavy (non-hydrogen) atoms. The fraction of sp³-hybridized carbons (Fsp3) is 0.550. The Kier molecular flexibility index (Phi) is 8.37. The first-order chi connectivity index (χ1) is 11.4. The summed E-state index contributed by atoms with van der Waals surface area (Å²) in [5.41, 5.74) is 0.915. The van der Waals surface area contributed by atoms with Gasteiger partial charge >= 0.3 is 0 Å². The Hall–Kier alpha value is -1.97. The molecule has 0 saturated heterocycles. The lowest BCUT2D eigenvalue weighted by molar-refractivity contribution is -0.127. The van der Waals surface area contributed by atoms with E-state index < -0.39 is 0 Å². The van der Waals surface area contributed by atoms with E-state index in [4.69, 9.17) is 9.47 Å². The molecule has 0 saturated carbocycles. The summed E-state index contributed by atoms with van der Waals surface area (Å²) in [5, 5.41) is 0. The molecule has 0 aliphatic carbocycles. The van der Waals surface area contributed by atoms with Crippen molar-refractivity contribution in [2.75, 3.05) is 26.8 Å². The van der Waals surface area contributed by atoms with E-state index in [0.29, 0.717) is 29.9 Å². The summed E-state index contributed by atoms with van der Waals surface area (Å²) in [6.45, 7) is 12.6. The summed E-state index contributed by atoms with van der Waals surface area (Å²) in [6, 6.07) is 5.67. The molecule has 0 spiro atoms. The summed E-state index contributed by atoms with van der Waals surface area (Å²) >= 11 is 0. The molecule has 0 aromatic heterocycles. The van der Waals surface area contributed by atoms with Crippen molar-refractivity contribution in [2.45, 2.75) is 34.6 Å². The van der Waals surface area contributed by atoms with Crippen molar-refractivity contribution in [3.8, 4) is 11.5 Å². The van der Waals surface area contributed by atoms with Crippen molar-refractivity contribution in [3.05, 3.63) is 29.8 Å². The second-order valence-corrected chi connectivity index (χ2v) is 6.71. The van der Waals surface area contributed by atoms with Gasteiger partial charge in [0, 0.05) is 19.2 Å². The third-order valence-corrected chi connectivity index (χ3v) is 3.39. The van der Waals surface area contributed by atoms with E-state index in [1.807, 2.05) is 36.1 Å². The van der Waals surface area contributed by atoms with Crippen molar-refractivity contribution in [3.63, 3.8) is 0 Å². The lowest BCUT2D eigenvalue weighted by atomic mass is 10.1. The quantitative estimate of drug-likeness (QED) is 0.634. The third kappa shape index (κ3) is 6.65. The van der Waals surface area contributed by atoms with Gasteiger partial charge in [-0.1, -0.05) is 33.8 Å². The predicted molar refractivity (Wildman–Crippen MR) is 99.5 cm³/mol. The number of nitrogens with zero attached hydrogens (tertiary/aromatic N) is 1. The molecule has 0 atom stereocenters. The first-order valence-electron chi connectivity index (χ1n) is 8.65. The number of benzene rings is 1. The maximum Gasteiger partial charge on any atom is 0.246 e. The maximum absolute atomic E-state index is 12.5. The molecule has 1 rings (SSSR count). The molecule has 1 amide bonds. The number of rotatable bonds is 9. The fourth-order valence-electron chi connectivity index (χ4n) is 2.47. The Balaban J connectivity index is 2.87. The molecule has 0 fully saturated rings. The van der Waals surface area contributed by atoms with Crippen LogP contribution in [0, 0.1) is 11.8 Å². The smallest absolute Gasteiger partial charge is 0.246 e. The number of ether oxygens (including phenoxy) is 2. The van der Waals surface area contributed by atoms with Gasteiger partial charge in [0.2, 0.25) is 5.91 Å². The van der Waals surface area contributed by atoms with Gasteiger partial charge in [-0.3, -0.25) is 4.79 Å². The molecule has 0 bridgehead atoms. The topological polar surface area (TPSA) is 38.8 Å². The van der Waals surface area contributed by atoms with E-state index in [0.717, 1.165) is 18.7 Å². The predicted octanol–water partition coefficient (Wildman–Crippen LogP) is 4.25. The Morgan fingerprint density at radius 3 is 2.25 bits per heavy atom. The zero-order valence-electron chi connectivity index (χ0n) is 15.8. The molecular weight excluding hydrogens is 302 g/mol. The monoisotopic (exact) mass is 333 g/mol. The number of hydrogen-bond acceptors (Lipinski definition) is 3. The summed E-state index contributed by atoms with van der Waals surface area (Å²) in [4.78, 5) is 14.4. The molecule has 0 aliphatic heterocycles. The first-order valence-corrected chi connectivity index (χ1v) is 8.65. The van der Waals surface area contributed by atoms with Gasteiger partial charge in [-0.25, -0.2) is 0 Å². The molecule has 0 unspecified atom stereocenters. The van der Waals surface area contributed by atoms with Gasteiger partial charge in [0.1, 0.15) is 0 Å². The highest BCUT2D eigenvalue weighted by Gasteiger charge is 2.14. The van der Waals surface area contributed by atoms with Crippen LogP contribution in [0.4, 0.5) is 0 Å². The van der Waals surface area contributed by atoms with Crippen LogP contribution in [0.15, 0.2) is 24.3 Å². The Bertz CT molecular complexity index is 540. The van der Waals surface area contributed by atoms with Crippen molar-refractivity contribution in [1.82, 2.24) is 4.90 Å². The highest BCUT2D eigenvalue weighted by atomic mass is 16.5.